The van der Waals surface area contributed by atoms with Crippen molar-refractivity contribution in [2.24, 2.45) is 0 Å². The molecule has 5 nitrogen and oxygen atoms in total. The Morgan fingerprint density at radius 1 is 0.931 bits per heavy atom. The third-order valence-electron chi connectivity index (χ3n) is 5.10. The van der Waals surface area contributed by atoms with E-state index in [9.17, 15) is 5.11 Å². The lowest BCUT2D eigenvalue weighted by Gasteiger charge is -2.27. The first-order valence-electron chi connectivity index (χ1n) is 9.20. The van der Waals surface area contributed by atoms with Crippen LogP contribution in [-0.4, -0.2) is 20.9 Å². The summed E-state index contributed by atoms with van der Waals surface area (Å²) in [5.74, 6) is 0.749. The van der Waals surface area contributed by atoms with Crippen LogP contribution in [0.5, 0.6) is 0 Å². The molecule has 4 aromatic rings. The maximum atomic E-state index is 11.2. The maximum Gasteiger partial charge on any atom is 0.145 e. The van der Waals surface area contributed by atoms with Gasteiger partial charge in [-0.15, -0.1) is 0 Å². The number of imidazole rings is 1. The Bertz CT molecular complexity index is 1210. The van der Waals surface area contributed by atoms with Gasteiger partial charge in [0.15, 0.2) is 0 Å². The molecule has 5 rings (SSSR count). The maximum absolute atomic E-state index is 11.2. The van der Waals surface area contributed by atoms with Crippen LogP contribution in [0.15, 0.2) is 84.6 Å². The Kier molecular flexibility index (Phi) is 4.11. The van der Waals surface area contributed by atoms with Crippen molar-refractivity contribution in [1.82, 2.24) is 9.97 Å². The average molecular weight is 401 g/mol. The summed E-state index contributed by atoms with van der Waals surface area (Å²) in [6.45, 7) is 0. The topological polar surface area (TPSA) is 76.0 Å². The van der Waals surface area contributed by atoms with E-state index in [-0.39, 0.29) is 11.6 Å². The average Bonchev–Trinajstić information content (AvgIpc) is 3.27. The summed E-state index contributed by atoms with van der Waals surface area (Å²) >= 11 is 6.06. The van der Waals surface area contributed by atoms with Gasteiger partial charge >= 0.3 is 0 Å². The fourth-order valence-electron chi connectivity index (χ4n) is 3.76. The number of anilines is 1. The molecule has 0 bridgehead atoms. The number of hydrogen-bond donors (Lipinski definition) is 3. The zero-order valence-corrected chi connectivity index (χ0v) is 16.1. The minimum Gasteiger partial charge on any atom is -0.509 e. The van der Waals surface area contributed by atoms with Gasteiger partial charge in [-0.25, -0.2) is 4.98 Å². The summed E-state index contributed by atoms with van der Waals surface area (Å²) in [7, 11) is 0. The normalized spacial score (nSPS) is 16.8. The van der Waals surface area contributed by atoms with Gasteiger partial charge in [0, 0.05) is 10.7 Å². The van der Waals surface area contributed by atoms with E-state index < -0.39 is 6.04 Å². The van der Waals surface area contributed by atoms with Gasteiger partial charge in [0.2, 0.25) is 0 Å². The van der Waals surface area contributed by atoms with E-state index in [0.29, 0.717) is 16.4 Å². The second kappa shape index (κ2) is 6.79. The van der Waals surface area contributed by atoms with E-state index in [1.54, 1.807) is 17.0 Å². The van der Waals surface area contributed by atoms with Crippen LogP contribution in [0, 0.1) is 5.41 Å². The molecule has 0 spiro atoms. The summed E-state index contributed by atoms with van der Waals surface area (Å²) in [6, 6.07) is 24.1. The molecule has 3 aromatic carbocycles. The van der Waals surface area contributed by atoms with Crippen LogP contribution >= 0.6 is 11.6 Å². The molecule has 0 unspecified atom stereocenters. The van der Waals surface area contributed by atoms with Crippen molar-refractivity contribution in [1.29, 1.82) is 5.41 Å². The number of aromatic amines is 1. The minimum atomic E-state index is -0.520. The Labute approximate surface area is 172 Å². The Hall–Kier alpha value is -3.57. The molecule has 0 radical (unpaired) electrons. The van der Waals surface area contributed by atoms with Crippen molar-refractivity contribution in [2.45, 2.75) is 6.04 Å². The number of benzene rings is 3. The predicted octanol–water partition coefficient (Wildman–Crippen LogP) is 5.72. The van der Waals surface area contributed by atoms with E-state index in [1.807, 2.05) is 66.7 Å². The lowest BCUT2D eigenvalue weighted by Crippen LogP contribution is -2.29. The molecule has 0 saturated carbocycles. The summed E-state index contributed by atoms with van der Waals surface area (Å²) in [5, 5.41) is 20.8. The molecule has 0 saturated heterocycles. The van der Waals surface area contributed by atoms with Crippen molar-refractivity contribution in [3.8, 4) is 0 Å². The lowest BCUT2D eigenvalue weighted by atomic mass is 10.0. The van der Waals surface area contributed by atoms with E-state index in [1.165, 1.54) is 0 Å². The third kappa shape index (κ3) is 2.87. The number of H-pyrrole nitrogens is 1. The quantitative estimate of drug-likeness (QED) is 0.411. The molecule has 2 heterocycles. The summed E-state index contributed by atoms with van der Waals surface area (Å²) < 4.78 is 0. The highest BCUT2D eigenvalue weighted by atomic mass is 35.5. The van der Waals surface area contributed by atoms with E-state index >= 15 is 0 Å². The molecule has 0 fully saturated rings. The third-order valence-corrected chi connectivity index (χ3v) is 5.35. The highest BCUT2D eigenvalue weighted by Crippen LogP contribution is 2.43. The summed E-state index contributed by atoms with van der Waals surface area (Å²) in [4.78, 5) is 9.63. The number of fused-ring (bicyclic) bond motifs is 1. The number of nitrogens with zero attached hydrogens (tertiary/aromatic N) is 2. The van der Waals surface area contributed by atoms with E-state index in [4.69, 9.17) is 17.0 Å². The highest BCUT2D eigenvalue weighted by Gasteiger charge is 2.40. The highest BCUT2D eigenvalue weighted by molar-refractivity contribution is 6.32. The van der Waals surface area contributed by atoms with Crippen LogP contribution in [0.25, 0.3) is 16.6 Å². The molecule has 0 aliphatic carbocycles. The second-order valence-corrected chi connectivity index (χ2v) is 7.31. The first-order valence-corrected chi connectivity index (χ1v) is 9.58. The van der Waals surface area contributed by atoms with Gasteiger partial charge in [-0.3, -0.25) is 5.41 Å². The van der Waals surface area contributed by atoms with Gasteiger partial charge in [-0.05, 0) is 42.0 Å². The predicted molar refractivity (Wildman–Crippen MR) is 116 cm³/mol. The molecular weight excluding hydrogens is 384 g/mol. The fourth-order valence-corrected chi connectivity index (χ4v) is 3.88. The van der Waals surface area contributed by atoms with Gasteiger partial charge in [0.25, 0.3) is 0 Å². The monoisotopic (exact) mass is 400 g/mol. The summed E-state index contributed by atoms with van der Waals surface area (Å²) in [6.07, 6.45) is 0. The second-order valence-electron chi connectivity index (χ2n) is 6.87. The standard InChI is InChI=1S/C23H17ClN4O/c24-15-10-12-16(13-11-15)28-20(14-6-2-1-3-7-14)21(29)19(22(28)25)23-26-17-8-4-5-9-18(17)27-23/h1-13,20,25,29H,(H,26,27)/t20-/m1/s1. The first kappa shape index (κ1) is 17.5. The van der Waals surface area contributed by atoms with E-state index in [2.05, 4.69) is 9.97 Å². The Morgan fingerprint density at radius 3 is 2.34 bits per heavy atom. The molecule has 1 aliphatic heterocycles. The number of aromatic nitrogens is 2. The Morgan fingerprint density at radius 2 is 1.62 bits per heavy atom. The van der Waals surface area contributed by atoms with Crippen LogP contribution in [0.1, 0.15) is 17.4 Å². The van der Waals surface area contributed by atoms with Crippen molar-refractivity contribution in [3.05, 3.63) is 101 Å². The molecule has 1 aromatic heterocycles. The van der Waals surface area contributed by atoms with Gasteiger partial charge < -0.3 is 15.0 Å². The molecule has 29 heavy (non-hydrogen) atoms. The van der Waals surface area contributed by atoms with Crippen LogP contribution in [0.3, 0.4) is 0 Å². The van der Waals surface area contributed by atoms with Crippen molar-refractivity contribution in [2.75, 3.05) is 4.90 Å². The Balaban J connectivity index is 1.69. The van der Waals surface area contributed by atoms with Crippen LogP contribution in [0.2, 0.25) is 5.02 Å². The van der Waals surface area contributed by atoms with Gasteiger partial charge in [0.05, 0.1) is 16.6 Å². The zero-order valence-electron chi connectivity index (χ0n) is 15.3. The summed E-state index contributed by atoms with van der Waals surface area (Å²) in [5.41, 5.74) is 3.69. The molecule has 6 heteroatoms. The van der Waals surface area contributed by atoms with E-state index in [0.717, 1.165) is 22.3 Å². The first-order chi connectivity index (χ1) is 14.1. The molecule has 1 atom stereocenters. The largest absolute Gasteiger partial charge is 0.509 e. The number of para-hydroxylation sites is 2. The number of nitrogens with one attached hydrogen (secondary N) is 2. The number of aliphatic hydroxyl groups is 1. The molecule has 1 aliphatic rings. The van der Waals surface area contributed by atoms with Crippen molar-refractivity contribution in [3.63, 3.8) is 0 Å². The molecular formula is C23H17ClN4O. The number of aliphatic hydroxyl groups excluding tert-OH is 1. The number of amidine groups is 1. The SMILES string of the molecule is N=C1C(c2nc3ccccc3[nH]2)=C(O)[C@@H](c2ccccc2)N1c1ccc(Cl)cc1. The molecule has 142 valence electrons. The van der Waals surface area contributed by atoms with Gasteiger partial charge in [-0.1, -0.05) is 54.1 Å². The van der Waals surface area contributed by atoms with Crippen molar-refractivity contribution < 1.29 is 5.11 Å². The molecule has 0 amide bonds. The zero-order chi connectivity index (χ0) is 20.0. The van der Waals surface area contributed by atoms with Crippen LogP contribution in [-0.2, 0) is 0 Å². The number of rotatable bonds is 3. The van der Waals surface area contributed by atoms with Gasteiger partial charge in [0.1, 0.15) is 23.5 Å². The number of hydrogen-bond acceptors (Lipinski definition) is 3. The number of halogens is 1. The van der Waals surface area contributed by atoms with Crippen LogP contribution < -0.4 is 4.90 Å². The smallest absolute Gasteiger partial charge is 0.145 e. The lowest BCUT2D eigenvalue weighted by molar-refractivity contribution is 0.379. The fraction of sp³-hybridized carbons (Fsp3) is 0.0435. The minimum absolute atomic E-state index is 0.0928. The van der Waals surface area contributed by atoms with Gasteiger partial charge in [-0.2, -0.15) is 0 Å². The molecule has 3 N–H and O–H groups in total. The van der Waals surface area contributed by atoms with Crippen LogP contribution in [0.4, 0.5) is 5.69 Å². The van der Waals surface area contributed by atoms with Crippen molar-refractivity contribution >= 4 is 39.7 Å².